The number of hydrogen-bond donors (Lipinski definition) is 2. The van der Waals surface area contributed by atoms with Gasteiger partial charge in [0.1, 0.15) is 11.3 Å². The highest BCUT2D eigenvalue weighted by molar-refractivity contribution is 6.08. The number of carboxylic acid groups (broad SMARTS) is 1. The smallest absolute Gasteiger partial charge is 0.339 e. The quantitative estimate of drug-likeness (QED) is 0.511. The third kappa shape index (κ3) is 4.66. The van der Waals surface area contributed by atoms with Gasteiger partial charge in [0.05, 0.1) is 29.2 Å². The number of piperazine rings is 1. The largest absolute Gasteiger partial charge is 0.492 e. The minimum Gasteiger partial charge on any atom is -0.492 e. The van der Waals surface area contributed by atoms with Gasteiger partial charge in [-0.15, -0.1) is 0 Å². The molecule has 1 saturated heterocycles. The van der Waals surface area contributed by atoms with Gasteiger partial charge in [-0.1, -0.05) is 13.0 Å². The number of hydrogen-bond acceptors (Lipinski definition) is 6. The monoisotopic (exact) mass is 462 g/mol. The zero-order valence-electron chi connectivity index (χ0n) is 20.7. The SMILES string of the molecule is CCOc1cc2nc(CC)c(C(=O)O)c(Nc3ccc(C)c(C)c3)c2cc1N1CCN(C)CC1. The van der Waals surface area contributed by atoms with Crippen molar-refractivity contribution in [1.29, 1.82) is 0 Å². The molecule has 3 aromatic rings. The summed E-state index contributed by atoms with van der Waals surface area (Å²) >= 11 is 0. The highest BCUT2D eigenvalue weighted by Gasteiger charge is 2.24. The summed E-state index contributed by atoms with van der Waals surface area (Å²) in [6.45, 7) is 12.3. The molecule has 0 atom stereocenters. The summed E-state index contributed by atoms with van der Waals surface area (Å²) in [7, 11) is 2.13. The number of ether oxygens (including phenoxy) is 1. The normalized spacial score (nSPS) is 14.4. The van der Waals surface area contributed by atoms with Crippen molar-refractivity contribution in [2.24, 2.45) is 0 Å². The molecule has 0 unspecified atom stereocenters. The van der Waals surface area contributed by atoms with E-state index in [-0.39, 0.29) is 5.56 Å². The van der Waals surface area contributed by atoms with Gasteiger partial charge in [-0.3, -0.25) is 4.98 Å². The number of aryl methyl sites for hydroxylation is 3. The van der Waals surface area contributed by atoms with Crippen molar-refractivity contribution in [3.63, 3.8) is 0 Å². The van der Waals surface area contributed by atoms with Gasteiger partial charge in [0, 0.05) is 43.3 Å². The van der Waals surface area contributed by atoms with E-state index in [9.17, 15) is 9.90 Å². The van der Waals surface area contributed by atoms with Crippen LogP contribution in [-0.2, 0) is 6.42 Å². The molecular weight excluding hydrogens is 428 g/mol. The van der Waals surface area contributed by atoms with Crippen LogP contribution >= 0.6 is 0 Å². The molecule has 0 bridgehead atoms. The Bertz CT molecular complexity index is 1220. The van der Waals surface area contributed by atoms with Gasteiger partial charge in [-0.05, 0) is 63.6 Å². The number of benzene rings is 2. The fraction of sp³-hybridized carbons (Fsp3) is 0.407. The van der Waals surface area contributed by atoms with Crippen molar-refractivity contribution < 1.29 is 14.6 Å². The van der Waals surface area contributed by atoms with E-state index in [1.165, 1.54) is 5.56 Å². The van der Waals surface area contributed by atoms with Gasteiger partial charge < -0.3 is 25.0 Å². The van der Waals surface area contributed by atoms with Crippen LogP contribution in [0.15, 0.2) is 30.3 Å². The lowest BCUT2D eigenvalue weighted by Crippen LogP contribution is -2.44. The maximum absolute atomic E-state index is 12.4. The summed E-state index contributed by atoms with van der Waals surface area (Å²) in [5.41, 5.74) is 6.26. The van der Waals surface area contributed by atoms with Crippen LogP contribution in [0.1, 0.15) is 41.0 Å². The van der Waals surface area contributed by atoms with Crippen LogP contribution < -0.4 is 15.0 Å². The van der Waals surface area contributed by atoms with E-state index in [0.717, 1.165) is 59.8 Å². The van der Waals surface area contributed by atoms with Crippen LogP contribution in [0.3, 0.4) is 0 Å². The zero-order valence-corrected chi connectivity index (χ0v) is 20.7. The maximum Gasteiger partial charge on any atom is 0.339 e. The van der Waals surface area contributed by atoms with E-state index >= 15 is 0 Å². The van der Waals surface area contributed by atoms with Crippen LogP contribution in [-0.4, -0.2) is 60.8 Å². The second kappa shape index (κ2) is 9.89. The summed E-state index contributed by atoms with van der Waals surface area (Å²) < 4.78 is 6.03. The first-order chi connectivity index (χ1) is 16.3. The van der Waals surface area contributed by atoms with Gasteiger partial charge in [0.2, 0.25) is 0 Å². The molecule has 34 heavy (non-hydrogen) atoms. The van der Waals surface area contributed by atoms with Crippen LogP contribution in [0.2, 0.25) is 0 Å². The van der Waals surface area contributed by atoms with E-state index in [2.05, 4.69) is 42.1 Å². The number of rotatable bonds is 7. The Balaban J connectivity index is 1.95. The van der Waals surface area contributed by atoms with Crippen molar-refractivity contribution in [2.75, 3.05) is 50.1 Å². The Morgan fingerprint density at radius 2 is 1.82 bits per heavy atom. The Morgan fingerprint density at radius 1 is 1.09 bits per heavy atom. The highest BCUT2D eigenvalue weighted by Crippen LogP contribution is 2.39. The fourth-order valence-electron chi connectivity index (χ4n) is 4.48. The molecule has 4 rings (SSSR count). The minimum absolute atomic E-state index is 0.224. The van der Waals surface area contributed by atoms with Crippen molar-refractivity contribution in [1.82, 2.24) is 9.88 Å². The lowest BCUT2D eigenvalue weighted by Gasteiger charge is -2.35. The van der Waals surface area contributed by atoms with Gasteiger partial charge in [-0.25, -0.2) is 4.79 Å². The van der Waals surface area contributed by atoms with E-state index in [1.54, 1.807) is 0 Å². The summed E-state index contributed by atoms with van der Waals surface area (Å²) in [5.74, 6) is -0.193. The van der Waals surface area contributed by atoms with E-state index in [1.807, 2.05) is 38.1 Å². The maximum atomic E-state index is 12.4. The molecule has 7 heteroatoms. The molecule has 1 aromatic heterocycles. The lowest BCUT2D eigenvalue weighted by atomic mass is 10.0. The lowest BCUT2D eigenvalue weighted by molar-refractivity contribution is 0.0696. The Morgan fingerprint density at radius 3 is 2.44 bits per heavy atom. The van der Waals surface area contributed by atoms with Crippen molar-refractivity contribution >= 4 is 33.9 Å². The number of carbonyl (C=O) groups is 1. The second-order valence-corrected chi connectivity index (χ2v) is 8.95. The molecule has 0 amide bonds. The molecule has 1 aliphatic heterocycles. The van der Waals surface area contributed by atoms with Gasteiger partial charge in [0.25, 0.3) is 0 Å². The first kappa shape index (κ1) is 23.8. The van der Waals surface area contributed by atoms with Gasteiger partial charge >= 0.3 is 5.97 Å². The molecule has 2 heterocycles. The molecule has 0 aliphatic carbocycles. The Kier molecular flexibility index (Phi) is 6.93. The number of aromatic carboxylic acids is 1. The molecule has 0 saturated carbocycles. The number of pyridine rings is 1. The zero-order chi connectivity index (χ0) is 24.4. The molecule has 0 spiro atoms. The summed E-state index contributed by atoms with van der Waals surface area (Å²) in [6.07, 6.45) is 0.517. The first-order valence-corrected chi connectivity index (χ1v) is 12.0. The summed E-state index contributed by atoms with van der Waals surface area (Å²) in [6, 6.07) is 10.1. The third-order valence-electron chi connectivity index (χ3n) is 6.61. The molecule has 2 aromatic carbocycles. The summed E-state index contributed by atoms with van der Waals surface area (Å²) in [4.78, 5) is 21.8. The molecule has 1 fully saturated rings. The number of nitrogens with zero attached hydrogens (tertiary/aromatic N) is 3. The van der Waals surface area contributed by atoms with E-state index < -0.39 is 5.97 Å². The number of nitrogens with one attached hydrogen (secondary N) is 1. The summed E-state index contributed by atoms with van der Waals surface area (Å²) in [5, 5.41) is 14.4. The predicted octanol–water partition coefficient (Wildman–Crippen LogP) is 5.01. The average Bonchev–Trinajstić information content (AvgIpc) is 2.81. The number of carboxylic acids is 1. The molecule has 7 nitrogen and oxygen atoms in total. The molecule has 180 valence electrons. The van der Waals surface area contributed by atoms with Crippen molar-refractivity contribution in [3.8, 4) is 5.75 Å². The number of aromatic nitrogens is 1. The predicted molar refractivity (Wildman–Crippen MR) is 138 cm³/mol. The Labute approximate surface area is 201 Å². The standard InChI is InChI=1S/C27H34N4O3/c1-6-21-25(27(32)33)26(28-19-9-8-17(3)18(4)14-19)20-15-23(31-12-10-30(5)11-13-31)24(34-7-2)16-22(20)29-21/h8-9,14-16H,6-7,10-13H2,1-5H3,(H,28,29)(H,32,33). The van der Waals surface area contributed by atoms with Crippen molar-refractivity contribution in [2.45, 2.75) is 34.1 Å². The molecular formula is C27H34N4O3. The average molecular weight is 463 g/mol. The highest BCUT2D eigenvalue weighted by atomic mass is 16.5. The molecule has 0 radical (unpaired) electrons. The van der Waals surface area contributed by atoms with Gasteiger partial charge in [-0.2, -0.15) is 0 Å². The number of fused-ring (bicyclic) bond motifs is 1. The molecule has 1 aliphatic rings. The topological polar surface area (TPSA) is 77.9 Å². The van der Waals surface area contributed by atoms with E-state index in [0.29, 0.717) is 24.4 Å². The first-order valence-electron chi connectivity index (χ1n) is 12.0. The van der Waals surface area contributed by atoms with Crippen LogP contribution in [0.4, 0.5) is 17.1 Å². The van der Waals surface area contributed by atoms with Gasteiger partial charge in [0.15, 0.2) is 0 Å². The molecule has 2 N–H and O–H groups in total. The second-order valence-electron chi connectivity index (χ2n) is 8.95. The number of anilines is 3. The Hall–Kier alpha value is -3.32. The van der Waals surface area contributed by atoms with Crippen molar-refractivity contribution in [3.05, 3.63) is 52.7 Å². The van der Waals surface area contributed by atoms with E-state index in [4.69, 9.17) is 9.72 Å². The van der Waals surface area contributed by atoms with Crippen LogP contribution in [0.25, 0.3) is 10.9 Å². The third-order valence-corrected chi connectivity index (χ3v) is 6.61. The van der Waals surface area contributed by atoms with Crippen LogP contribution in [0.5, 0.6) is 5.75 Å². The minimum atomic E-state index is -0.979. The number of likely N-dealkylation sites (N-methyl/N-ethyl adjacent to an activating group) is 1. The van der Waals surface area contributed by atoms with Crippen LogP contribution in [0, 0.1) is 13.8 Å². The fourth-order valence-corrected chi connectivity index (χ4v) is 4.48.